The van der Waals surface area contributed by atoms with Crippen molar-refractivity contribution in [1.82, 2.24) is 0 Å². The summed E-state index contributed by atoms with van der Waals surface area (Å²) in [6, 6.07) is 1.99. The Hall–Kier alpha value is -2.06. The molecule has 0 spiro atoms. The molecular formula is C19H18F6O2. The molecule has 1 N–H and O–H groups in total. The maximum Gasteiger partial charge on any atom is 0.194 e. The van der Waals surface area contributed by atoms with E-state index in [9.17, 15) is 31.4 Å². The zero-order valence-electron chi connectivity index (χ0n) is 14.6. The minimum Gasteiger partial charge on any atom is -0.378 e. The summed E-state index contributed by atoms with van der Waals surface area (Å²) in [4.78, 5) is 0. The molecule has 8 heteroatoms. The van der Waals surface area contributed by atoms with Crippen molar-refractivity contribution in [1.29, 1.82) is 0 Å². The Balaban J connectivity index is 2.65. The van der Waals surface area contributed by atoms with Crippen LogP contribution in [0, 0.1) is 34.9 Å². The van der Waals surface area contributed by atoms with Crippen LogP contribution in [0.5, 0.6) is 0 Å². The van der Waals surface area contributed by atoms with Gasteiger partial charge in [0.2, 0.25) is 0 Å². The summed E-state index contributed by atoms with van der Waals surface area (Å²) in [6.07, 6.45) is 0.0706. The Morgan fingerprint density at radius 3 is 1.56 bits per heavy atom. The maximum atomic E-state index is 13.7. The van der Waals surface area contributed by atoms with Crippen LogP contribution < -0.4 is 0 Å². The van der Waals surface area contributed by atoms with Crippen LogP contribution in [0.15, 0.2) is 24.3 Å². The van der Waals surface area contributed by atoms with E-state index >= 15 is 0 Å². The smallest absolute Gasteiger partial charge is 0.194 e. The van der Waals surface area contributed by atoms with E-state index in [4.69, 9.17) is 4.74 Å². The second kappa shape index (κ2) is 8.31. The predicted molar refractivity (Wildman–Crippen MR) is 86.0 cm³/mol. The maximum absolute atomic E-state index is 13.7. The molecule has 27 heavy (non-hydrogen) atoms. The van der Waals surface area contributed by atoms with Crippen molar-refractivity contribution < 1.29 is 36.2 Å². The molecule has 0 aromatic heterocycles. The fourth-order valence-corrected chi connectivity index (χ4v) is 2.71. The minimum atomic E-state index is -2.47. The molecule has 0 radical (unpaired) electrons. The van der Waals surface area contributed by atoms with Gasteiger partial charge in [-0.05, 0) is 48.7 Å². The Morgan fingerprint density at radius 2 is 1.22 bits per heavy atom. The fraction of sp³-hybridized carbons (Fsp3) is 0.368. The summed E-state index contributed by atoms with van der Waals surface area (Å²) in [5.41, 5.74) is -3.54. The van der Waals surface area contributed by atoms with Crippen molar-refractivity contribution in [3.63, 3.8) is 0 Å². The molecule has 148 valence electrons. The van der Waals surface area contributed by atoms with Crippen LogP contribution >= 0.6 is 0 Å². The van der Waals surface area contributed by atoms with Gasteiger partial charge in [-0.15, -0.1) is 0 Å². The standard InChI is InChI=1S/C19H18F6O2/c1-3-4-5-27-10(2)19(26,11-6-13(20)17(24)14(21)7-11)12-8-15(22)18(25)16(23)9-12/h6-10,26H,3-5H2,1-2H3/t10-/m0/s1. The molecule has 2 aromatic rings. The molecule has 2 nitrogen and oxygen atoms in total. The third kappa shape index (κ3) is 4.11. The number of ether oxygens (including phenoxy) is 1. The normalized spacial score (nSPS) is 13.1. The van der Waals surface area contributed by atoms with Gasteiger partial charge in [-0.25, -0.2) is 26.3 Å². The van der Waals surface area contributed by atoms with Crippen LogP contribution in [0.3, 0.4) is 0 Å². The van der Waals surface area contributed by atoms with Crippen LogP contribution in [0.1, 0.15) is 37.8 Å². The Labute approximate surface area is 152 Å². The van der Waals surface area contributed by atoms with Gasteiger partial charge in [0, 0.05) is 6.61 Å². The number of hydrogen-bond acceptors (Lipinski definition) is 2. The quantitative estimate of drug-likeness (QED) is 0.410. The van der Waals surface area contributed by atoms with Gasteiger partial charge in [0.05, 0.1) is 6.10 Å². The largest absolute Gasteiger partial charge is 0.378 e. The lowest BCUT2D eigenvalue weighted by atomic mass is 9.81. The third-order valence-electron chi connectivity index (χ3n) is 4.30. The Morgan fingerprint density at radius 1 is 0.852 bits per heavy atom. The second-order valence-corrected chi connectivity index (χ2v) is 6.14. The van der Waals surface area contributed by atoms with Crippen molar-refractivity contribution >= 4 is 0 Å². The first-order valence-corrected chi connectivity index (χ1v) is 8.26. The molecule has 0 heterocycles. The molecule has 0 saturated heterocycles. The van der Waals surface area contributed by atoms with Gasteiger partial charge in [-0.2, -0.15) is 0 Å². The van der Waals surface area contributed by atoms with Gasteiger partial charge in [0.1, 0.15) is 5.60 Å². The Bertz CT molecular complexity index is 720. The predicted octanol–water partition coefficient (Wildman–Crippen LogP) is 4.96. The van der Waals surface area contributed by atoms with E-state index in [0.29, 0.717) is 30.7 Å². The van der Waals surface area contributed by atoms with E-state index in [1.54, 1.807) is 0 Å². The van der Waals surface area contributed by atoms with Crippen LogP contribution in [-0.4, -0.2) is 17.8 Å². The summed E-state index contributed by atoms with van der Waals surface area (Å²) >= 11 is 0. The van der Waals surface area contributed by atoms with Crippen molar-refractivity contribution in [3.05, 3.63) is 70.3 Å². The number of rotatable bonds is 7. The van der Waals surface area contributed by atoms with Crippen LogP contribution in [0.4, 0.5) is 26.3 Å². The highest BCUT2D eigenvalue weighted by atomic mass is 19.2. The molecule has 2 rings (SSSR count). The topological polar surface area (TPSA) is 29.5 Å². The fourth-order valence-electron chi connectivity index (χ4n) is 2.71. The van der Waals surface area contributed by atoms with Crippen molar-refractivity contribution in [2.45, 2.75) is 38.4 Å². The molecule has 0 fully saturated rings. The molecule has 0 aliphatic rings. The number of benzene rings is 2. The zero-order valence-corrected chi connectivity index (χ0v) is 14.6. The molecule has 0 bridgehead atoms. The zero-order chi connectivity index (χ0) is 20.4. The van der Waals surface area contributed by atoms with Crippen molar-refractivity contribution in [2.75, 3.05) is 6.61 Å². The molecule has 0 amide bonds. The highest BCUT2D eigenvalue weighted by Gasteiger charge is 2.41. The molecule has 1 atom stereocenters. The summed E-state index contributed by atoms with van der Waals surface area (Å²) in [6.45, 7) is 3.32. The number of halogens is 6. The summed E-state index contributed by atoms with van der Waals surface area (Å²) in [5.74, 6) is -9.95. The molecule has 0 unspecified atom stereocenters. The van der Waals surface area contributed by atoms with Crippen molar-refractivity contribution in [2.24, 2.45) is 0 Å². The van der Waals surface area contributed by atoms with E-state index in [-0.39, 0.29) is 6.61 Å². The summed E-state index contributed by atoms with van der Waals surface area (Å²) < 4.78 is 86.9. The first kappa shape index (κ1) is 21.2. The average molecular weight is 392 g/mol. The molecule has 0 aliphatic heterocycles. The van der Waals surface area contributed by atoms with Gasteiger partial charge in [-0.1, -0.05) is 13.3 Å². The molecule has 0 aliphatic carbocycles. The molecule has 0 saturated carbocycles. The van der Waals surface area contributed by atoms with E-state index in [1.807, 2.05) is 6.92 Å². The average Bonchev–Trinajstić information content (AvgIpc) is 2.62. The highest BCUT2D eigenvalue weighted by molar-refractivity contribution is 5.39. The van der Waals surface area contributed by atoms with Gasteiger partial charge in [-0.3, -0.25) is 0 Å². The van der Waals surface area contributed by atoms with E-state index in [1.165, 1.54) is 6.92 Å². The third-order valence-corrected chi connectivity index (χ3v) is 4.30. The first-order valence-electron chi connectivity index (χ1n) is 8.26. The lowest BCUT2D eigenvalue weighted by Crippen LogP contribution is -2.41. The van der Waals surface area contributed by atoms with Crippen LogP contribution in [0.25, 0.3) is 0 Å². The van der Waals surface area contributed by atoms with Gasteiger partial charge in [0.25, 0.3) is 0 Å². The lowest BCUT2D eigenvalue weighted by molar-refractivity contribution is -0.0816. The van der Waals surface area contributed by atoms with Gasteiger partial charge >= 0.3 is 0 Å². The number of hydrogen-bond donors (Lipinski definition) is 1. The summed E-state index contributed by atoms with van der Waals surface area (Å²) in [7, 11) is 0. The van der Waals surface area contributed by atoms with Gasteiger partial charge < -0.3 is 9.84 Å². The van der Waals surface area contributed by atoms with E-state index in [0.717, 1.165) is 6.42 Å². The Kier molecular flexibility index (Phi) is 6.54. The molecular weight excluding hydrogens is 374 g/mol. The van der Waals surface area contributed by atoms with E-state index in [2.05, 4.69) is 0 Å². The van der Waals surface area contributed by atoms with Crippen LogP contribution in [0.2, 0.25) is 0 Å². The number of unbranched alkanes of at least 4 members (excludes halogenated alkanes) is 1. The molecule has 2 aromatic carbocycles. The monoisotopic (exact) mass is 392 g/mol. The highest BCUT2D eigenvalue weighted by Crippen LogP contribution is 2.37. The van der Waals surface area contributed by atoms with Crippen molar-refractivity contribution in [3.8, 4) is 0 Å². The van der Waals surface area contributed by atoms with Gasteiger partial charge in [0.15, 0.2) is 34.9 Å². The SMILES string of the molecule is CCCCO[C@@H](C)C(O)(c1cc(F)c(F)c(F)c1)c1cc(F)c(F)c(F)c1. The minimum absolute atomic E-state index is 0.137. The lowest BCUT2D eigenvalue weighted by Gasteiger charge is -2.35. The number of aliphatic hydroxyl groups is 1. The first-order chi connectivity index (χ1) is 12.6. The second-order valence-electron chi connectivity index (χ2n) is 6.14. The van der Waals surface area contributed by atoms with E-state index < -0.39 is 57.7 Å². The summed E-state index contributed by atoms with van der Waals surface area (Å²) in [5, 5.41) is 11.2. The van der Waals surface area contributed by atoms with Crippen LogP contribution in [-0.2, 0) is 10.3 Å².